The number of nitrogens with zero attached hydrogens (tertiary/aromatic N) is 1. The van der Waals surface area contributed by atoms with Crippen LogP contribution in [0.1, 0.15) is 31.2 Å². The van der Waals surface area contributed by atoms with Crippen molar-refractivity contribution in [2.45, 2.75) is 32.2 Å². The number of hydrogen-bond acceptors (Lipinski definition) is 2. The largest absolute Gasteiger partial charge is 0.341 e. The minimum Gasteiger partial charge on any atom is -0.341 e. The van der Waals surface area contributed by atoms with Crippen LogP contribution in [0, 0.1) is 5.92 Å². The highest BCUT2D eigenvalue weighted by Crippen LogP contribution is 2.26. The molecule has 21 heavy (non-hydrogen) atoms. The summed E-state index contributed by atoms with van der Waals surface area (Å²) in [4.78, 5) is 14.0. The zero-order valence-corrected chi connectivity index (χ0v) is 13.9. The summed E-state index contributed by atoms with van der Waals surface area (Å²) in [5.41, 5.74) is 0.818. The molecule has 116 valence electrons. The first-order valence-electron chi connectivity index (χ1n) is 7.45. The Morgan fingerprint density at radius 2 is 1.90 bits per heavy atom. The van der Waals surface area contributed by atoms with Crippen LogP contribution in [0.5, 0.6) is 0 Å². The molecule has 1 aliphatic heterocycles. The molecular formula is C16H22Cl2N2O. The Hall–Kier alpha value is -0.770. The topological polar surface area (TPSA) is 32.3 Å². The van der Waals surface area contributed by atoms with Gasteiger partial charge in [-0.3, -0.25) is 4.79 Å². The molecule has 1 heterocycles. The second-order valence-electron chi connectivity index (χ2n) is 5.68. The summed E-state index contributed by atoms with van der Waals surface area (Å²) in [6.07, 6.45) is 3.92. The molecule has 1 amide bonds. The van der Waals surface area contributed by atoms with Crippen molar-refractivity contribution in [2.24, 2.45) is 5.92 Å². The fraction of sp³-hybridized carbons (Fsp3) is 0.562. The summed E-state index contributed by atoms with van der Waals surface area (Å²) in [5.74, 6) is 0.831. The van der Waals surface area contributed by atoms with Gasteiger partial charge in [0.05, 0.1) is 0 Å². The van der Waals surface area contributed by atoms with Gasteiger partial charge >= 0.3 is 0 Å². The fourth-order valence-corrected chi connectivity index (χ4v) is 3.21. The number of rotatable bonds is 5. The van der Waals surface area contributed by atoms with E-state index < -0.39 is 0 Å². The van der Waals surface area contributed by atoms with Gasteiger partial charge in [-0.2, -0.15) is 0 Å². The van der Waals surface area contributed by atoms with E-state index in [0.29, 0.717) is 28.9 Å². The molecule has 0 bridgehead atoms. The van der Waals surface area contributed by atoms with Crippen molar-refractivity contribution in [3.63, 3.8) is 0 Å². The molecule has 0 aromatic heterocycles. The molecule has 1 aromatic rings. The first kappa shape index (κ1) is 16.6. The van der Waals surface area contributed by atoms with E-state index in [2.05, 4.69) is 5.32 Å². The molecule has 0 saturated carbocycles. The summed E-state index contributed by atoms with van der Waals surface area (Å²) in [5, 5.41) is 4.57. The molecule has 0 unspecified atom stereocenters. The Morgan fingerprint density at radius 3 is 2.52 bits per heavy atom. The van der Waals surface area contributed by atoms with Gasteiger partial charge < -0.3 is 10.2 Å². The summed E-state index contributed by atoms with van der Waals surface area (Å²) < 4.78 is 0. The molecule has 5 heteroatoms. The maximum Gasteiger partial charge on any atom is 0.222 e. The number of piperidine rings is 1. The zero-order chi connectivity index (χ0) is 15.2. The van der Waals surface area contributed by atoms with Crippen LogP contribution in [-0.2, 0) is 11.3 Å². The van der Waals surface area contributed by atoms with Crippen molar-refractivity contribution < 1.29 is 4.79 Å². The number of nitrogens with one attached hydrogen (secondary N) is 1. The number of hydrogen-bond donors (Lipinski definition) is 1. The molecule has 1 aromatic carbocycles. The van der Waals surface area contributed by atoms with Gasteiger partial charge in [-0.15, -0.1) is 0 Å². The van der Waals surface area contributed by atoms with Gasteiger partial charge in [0.1, 0.15) is 0 Å². The normalized spacial score (nSPS) is 16.0. The summed E-state index contributed by atoms with van der Waals surface area (Å²) in [7, 11) is 1.81. The lowest BCUT2D eigenvalue weighted by Crippen LogP contribution is -2.30. The molecule has 1 saturated heterocycles. The van der Waals surface area contributed by atoms with Crippen LogP contribution in [0.25, 0.3) is 0 Å². The smallest absolute Gasteiger partial charge is 0.222 e. The lowest BCUT2D eigenvalue weighted by atomic mass is 9.93. The maximum atomic E-state index is 12.2. The second-order valence-corrected chi connectivity index (χ2v) is 6.50. The van der Waals surface area contributed by atoms with Crippen LogP contribution in [-0.4, -0.2) is 30.9 Å². The molecule has 1 fully saturated rings. The lowest BCUT2D eigenvalue weighted by Gasteiger charge is -2.24. The third kappa shape index (κ3) is 4.87. The number of carbonyl (C=O) groups excluding carboxylic acids is 1. The number of carbonyl (C=O) groups is 1. The number of amides is 1. The third-order valence-electron chi connectivity index (χ3n) is 4.11. The van der Waals surface area contributed by atoms with E-state index in [-0.39, 0.29) is 5.91 Å². The van der Waals surface area contributed by atoms with E-state index in [1.807, 2.05) is 13.1 Å². The summed E-state index contributed by atoms with van der Waals surface area (Å²) in [6, 6.07) is 5.42. The average molecular weight is 329 g/mol. The Bertz CT molecular complexity index is 467. The highest BCUT2D eigenvalue weighted by molar-refractivity contribution is 6.36. The molecule has 3 nitrogen and oxygen atoms in total. The van der Waals surface area contributed by atoms with E-state index in [1.165, 1.54) is 12.8 Å². The standard InChI is InChI=1S/C16H22Cl2N2O/c1-20(11-13-14(17)3-2-4-15(13)18)16(21)6-5-12-7-9-19-10-8-12/h2-4,12,19H,5-11H2,1H3. The molecule has 1 N–H and O–H groups in total. The second kappa shape index (κ2) is 8.02. The third-order valence-corrected chi connectivity index (χ3v) is 4.82. The summed E-state index contributed by atoms with van der Waals surface area (Å²) >= 11 is 12.3. The van der Waals surface area contributed by atoms with Crippen molar-refractivity contribution in [3.05, 3.63) is 33.8 Å². The van der Waals surface area contributed by atoms with Crippen LogP contribution in [0.15, 0.2) is 18.2 Å². The van der Waals surface area contributed by atoms with Crippen LogP contribution in [0.3, 0.4) is 0 Å². The first-order valence-corrected chi connectivity index (χ1v) is 8.21. The first-order chi connectivity index (χ1) is 10.1. The van der Waals surface area contributed by atoms with Gasteiger partial charge in [0.2, 0.25) is 5.91 Å². The van der Waals surface area contributed by atoms with Gasteiger partial charge in [-0.05, 0) is 50.4 Å². The molecule has 1 aliphatic rings. The van der Waals surface area contributed by atoms with Crippen LogP contribution in [0.2, 0.25) is 10.0 Å². The van der Waals surface area contributed by atoms with E-state index >= 15 is 0 Å². The summed E-state index contributed by atoms with van der Waals surface area (Å²) in [6.45, 7) is 2.61. The van der Waals surface area contributed by atoms with Crippen LogP contribution in [0.4, 0.5) is 0 Å². The minimum atomic E-state index is 0.157. The van der Waals surface area contributed by atoms with E-state index in [1.54, 1.807) is 17.0 Å². The minimum absolute atomic E-state index is 0.157. The molecule has 0 spiro atoms. The molecule has 0 aliphatic carbocycles. The van der Waals surface area contributed by atoms with Crippen molar-refractivity contribution >= 4 is 29.1 Å². The van der Waals surface area contributed by atoms with Crippen molar-refractivity contribution in [1.29, 1.82) is 0 Å². The van der Waals surface area contributed by atoms with E-state index in [0.717, 1.165) is 25.1 Å². The van der Waals surface area contributed by atoms with Gasteiger partial charge in [-0.25, -0.2) is 0 Å². The van der Waals surface area contributed by atoms with Crippen molar-refractivity contribution in [3.8, 4) is 0 Å². The van der Waals surface area contributed by atoms with Crippen molar-refractivity contribution in [1.82, 2.24) is 10.2 Å². The quantitative estimate of drug-likeness (QED) is 0.893. The number of benzene rings is 1. The predicted molar refractivity (Wildman–Crippen MR) is 87.8 cm³/mol. The monoisotopic (exact) mass is 328 g/mol. The van der Waals surface area contributed by atoms with E-state index in [4.69, 9.17) is 23.2 Å². The SMILES string of the molecule is CN(Cc1c(Cl)cccc1Cl)C(=O)CCC1CCNCC1. The van der Waals surface area contributed by atoms with E-state index in [9.17, 15) is 4.79 Å². The lowest BCUT2D eigenvalue weighted by molar-refractivity contribution is -0.130. The van der Waals surface area contributed by atoms with Gasteiger partial charge in [0, 0.05) is 35.6 Å². The highest BCUT2D eigenvalue weighted by atomic mass is 35.5. The highest BCUT2D eigenvalue weighted by Gasteiger charge is 2.17. The molecule has 0 atom stereocenters. The van der Waals surface area contributed by atoms with Gasteiger partial charge in [-0.1, -0.05) is 29.3 Å². The zero-order valence-electron chi connectivity index (χ0n) is 12.4. The Morgan fingerprint density at radius 1 is 1.29 bits per heavy atom. The molecule has 0 radical (unpaired) electrons. The van der Waals surface area contributed by atoms with Crippen LogP contribution < -0.4 is 5.32 Å². The predicted octanol–water partition coefficient (Wildman–Crippen LogP) is 3.73. The molecule has 2 rings (SSSR count). The number of halogens is 2. The maximum absolute atomic E-state index is 12.2. The van der Waals surface area contributed by atoms with Gasteiger partial charge in [0.25, 0.3) is 0 Å². The van der Waals surface area contributed by atoms with Crippen molar-refractivity contribution in [2.75, 3.05) is 20.1 Å². The Balaban J connectivity index is 1.84. The van der Waals surface area contributed by atoms with Crippen LogP contribution >= 0.6 is 23.2 Å². The Labute approximate surface area is 136 Å². The van der Waals surface area contributed by atoms with Gasteiger partial charge in [0.15, 0.2) is 0 Å². The Kier molecular flexibility index (Phi) is 6.34. The average Bonchev–Trinajstić information content (AvgIpc) is 2.49. The fourth-order valence-electron chi connectivity index (χ4n) is 2.70. The molecular weight excluding hydrogens is 307 g/mol.